The van der Waals surface area contributed by atoms with Crippen LogP contribution in [0.5, 0.6) is 0 Å². The van der Waals surface area contributed by atoms with Crippen molar-refractivity contribution in [1.82, 2.24) is 14.1 Å². The fourth-order valence-corrected chi connectivity index (χ4v) is 11.8. The van der Waals surface area contributed by atoms with Crippen LogP contribution in [0.2, 0.25) is 0 Å². The predicted molar refractivity (Wildman–Crippen MR) is 305 cm³/mol. The summed E-state index contributed by atoms with van der Waals surface area (Å²) in [5, 5.41) is 13.5. The van der Waals surface area contributed by atoms with Crippen molar-refractivity contribution in [3.05, 3.63) is 261 Å². The molecular formula is C69H43N3. The first-order valence-corrected chi connectivity index (χ1v) is 24.8. The summed E-state index contributed by atoms with van der Waals surface area (Å²) in [7, 11) is 0. The molecule has 0 atom stereocenters. The monoisotopic (exact) mass is 913 g/mol. The maximum Gasteiger partial charge on any atom is 0.0794 e. The first-order chi connectivity index (χ1) is 35.7. The highest BCUT2D eigenvalue weighted by molar-refractivity contribution is 6.33. The van der Waals surface area contributed by atoms with Crippen LogP contribution in [0.15, 0.2) is 261 Å². The number of hydrogen-bond donors (Lipinski definition) is 0. The summed E-state index contributed by atoms with van der Waals surface area (Å²) in [6, 6.07) is 95.4. The van der Waals surface area contributed by atoms with E-state index in [-0.39, 0.29) is 0 Å². The van der Waals surface area contributed by atoms with Crippen molar-refractivity contribution >= 4 is 86.8 Å². The van der Waals surface area contributed by atoms with Gasteiger partial charge in [-0.2, -0.15) is 0 Å². The second-order valence-electron chi connectivity index (χ2n) is 19.0. The quantitative estimate of drug-likeness (QED) is 0.152. The molecule has 0 spiro atoms. The zero-order valence-corrected chi connectivity index (χ0v) is 39.2. The number of para-hydroxylation sites is 3. The minimum Gasteiger partial charge on any atom is -0.309 e. The molecule has 0 aliphatic carbocycles. The molecule has 0 bridgehead atoms. The van der Waals surface area contributed by atoms with Gasteiger partial charge in [0.2, 0.25) is 0 Å². The van der Waals surface area contributed by atoms with E-state index in [0.717, 1.165) is 44.8 Å². The van der Waals surface area contributed by atoms with E-state index in [1.807, 2.05) is 0 Å². The Hall–Kier alpha value is -9.57. The van der Waals surface area contributed by atoms with Gasteiger partial charge in [-0.25, -0.2) is 4.98 Å². The molecule has 0 aliphatic heterocycles. The summed E-state index contributed by atoms with van der Waals surface area (Å²) >= 11 is 0. The third-order valence-electron chi connectivity index (χ3n) is 15.0. The second kappa shape index (κ2) is 16.0. The number of benzene rings is 12. The molecular weight excluding hydrogens is 871 g/mol. The highest BCUT2D eigenvalue weighted by atomic mass is 15.0. The van der Waals surface area contributed by atoms with E-state index in [4.69, 9.17) is 4.98 Å². The fraction of sp³-hybridized carbons (Fsp3) is 0. The van der Waals surface area contributed by atoms with Crippen molar-refractivity contribution in [2.45, 2.75) is 0 Å². The van der Waals surface area contributed by atoms with Gasteiger partial charge in [0.15, 0.2) is 0 Å². The molecule has 0 fully saturated rings. The lowest BCUT2D eigenvalue weighted by molar-refractivity contribution is 1.18. The molecule has 0 radical (unpaired) electrons. The number of rotatable bonds is 6. The summed E-state index contributed by atoms with van der Waals surface area (Å²) in [6.45, 7) is 0. The van der Waals surface area contributed by atoms with Gasteiger partial charge in [0.25, 0.3) is 0 Å². The Morgan fingerprint density at radius 1 is 0.222 bits per heavy atom. The smallest absolute Gasteiger partial charge is 0.0794 e. The molecule has 0 amide bonds. The number of nitrogens with zero attached hydrogens (tertiary/aromatic N) is 3. The number of fused-ring (bicyclic) bond motifs is 14. The van der Waals surface area contributed by atoms with Crippen LogP contribution in [0.25, 0.3) is 143 Å². The van der Waals surface area contributed by atoms with Gasteiger partial charge in [-0.1, -0.05) is 200 Å². The van der Waals surface area contributed by atoms with E-state index in [1.165, 1.54) is 98.1 Å². The molecule has 334 valence electrons. The van der Waals surface area contributed by atoms with Crippen LogP contribution >= 0.6 is 0 Å². The minimum absolute atomic E-state index is 0.996. The lowest BCUT2D eigenvalue weighted by Crippen LogP contribution is -1.96. The Morgan fingerprint density at radius 2 is 0.639 bits per heavy atom. The van der Waals surface area contributed by atoms with Crippen LogP contribution in [-0.4, -0.2) is 14.1 Å². The SMILES string of the molecule is c1ccc(-c2cc(-c3ccccc3)cc(-n3c4ccccc4c4ccc(-c5ccc6c7ccccc7n(-c7ccc(-c8nc9ccccc9c9c%10ccccc%10c%10ccccc%10c89)cc7)c6c5)cc43)c2)cc1. The van der Waals surface area contributed by atoms with Crippen LogP contribution in [-0.2, 0) is 0 Å². The molecule has 3 heteroatoms. The average molecular weight is 914 g/mol. The summed E-state index contributed by atoms with van der Waals surface area (Å²) in [4.78, 5) is 5.46. The molecule has 12 aromatic carbocycles. The molecule has 3 heterocycles. The zero-order chi connectivity index (χ0) is 47.3. The molecule has 0 saturated heterocycles. The summed E-state index contributed by atoms with van der Waals surface area (Å²) < 4.78 is 4.89. The molecule has 0 N–H and O–H groups in total. The van der Waals surface area contributed by atoms with Crippen LogP contribution in [0.4, 0.5) is 0 Å². The highest BCUT2D eigenvalue weighted by Crippen LogP contribution is 2.44. The van der Waals surface area contributed by atoms with Gasteiger partial charge in [-0.3, -0.25) is 0 Å². The molecule has 72 heavy (non-hydrogen) atoms. The first kappa shape index (κ1) is 40.3. The topological polar surface area (TPSA) is 22.8 Å². The molecule has 0 saturated carbocycles. The predicted octanol–water partition coefficient (Wildman–Crippen LogP) is 18.6. The van der Waals surface area contributed by atoms with Crippen molar-refractivity contribution in [2.75, 3.05) is 0 Å². The van der Waals surface area contributed by atoms with Gasteiger partial charge in [-0.15, -0.1) is 0 Å². The van der Waals surface area contributed by atoms with E-state index in [0.29, 0.717) is 0 Å². The number of hydrogen-bond acceptors (Lipinski definition) is 1. The molecule has 15 rings (SSSR count). The molecule has 0 unspecified atom stereocenters. The number of aromatic nitrogens is 3. The summed E-state index contributed by atoms with van der Waals surface area (Å²) in [5.41, 5.74) is 17.1. The van der Waals surface area contributed by atoms with Crippen LogP contribution in [0.1, 0.15) is 0 Å². The first-order valence-electron chi connectivity index (χ1n) is 24.8. The molecule has 3 nitrogen and oxygen atoms in total. The maximum absolute atomic E-state index is 5.46. The van der Waals surface area contributed by atoms with Crippen molar-refractivity contribution < 1.29 is 0 Å². The van der Waals surface area contributed by atoms with Crippen LogP contribution in [0, 0.1) is 0 Å². The molecule has 15 aromatic rings. The van der Waals surface area contributed by atoms with Crippen molar-refractivity contribution in [2.24, 2.45) is 0 Å². The van der Waals surface area contributed by atoms with Crippen molar-refractivity contribution in [1.29, 1.82) is 0 Å². The second-order valence-corrected chi connectivity index (χ2v) is 19.0. The van der Waals surface area contributed by atoms with Crippen LogP contribution < -0.4 is 0 Å². The normalized spacial score (nSPS) is 11.9. The molecule has 3 aromatic heterocycles. The van der Waals surface area contributed by atoms with E-state index >= 15 is 0 Å². The summed E-state index contributed by atoms with van der Waals surface area (Å²) in [6.07, 6.45) is 0. The van der Waals surface area contributed by atoms with E-state index < -0.39 is 0 Å². The zero-order valence-electron chi connectivity index (χ0n) is 39.2. The minimum atomic E-state index is 0.996. The number of pyridine rings is 1. The average Bonchev–Trinajstić information content (AvgIpc) is 3.97. The third-order valence-corrected chi connectivity index (χ3v) is 15.0. The van der Waals surface area contributed by atoms with E-state index in [1.54, 1.807) is 0 Å². The Morgan fingerprint density at radius 3 is 1.19 bits per heavy atom. The van der Waals surface area contributed by atoms with Crippen LogP contribution in [0.3, 0.4) is 0 Å². The summed E-state index contributed by atoms with van der Waals surface area (Å²) in [5.74, 6) is 0. The highest BCUT2D eigenvalue weighted by Gasteiger charge is 2.20. The van der Waals surface area contributed by atoms with E-state index in [2.05, 4.69) is 270 Å². The van der Waals surface area contributed by atoms with Gasteiger partial charge >= 0.3 is 0 Å². The van der Waals surface area contributed by atoms with Gasteiger partial charge < -0.3 is 9.13 Å². The Labute approximate surface area is 415 Å². The Bertz CT molecular complexity index is 4600. The Balaban J connectivity index is 0.901. The third kappa shape index (κ3) is 6.21. The standard InChI is InChI=1S/C69H43N3/c1-3-17-44(18-4-1)49-39-50(45-19-5-2-6-20-45)41-52(40-49)72-64-30-16-13-24-56(64)58-38-34-48(43-66(58)72)47-33-37-57-55-23-12-15-29-63(55)71(65(57)42-47)51-35-31-46(32-36-51)69-68-60-26-10-8-22-54(60)53-21-7-9-25-59(53)67(68)61-27-11-14-28-62(61)70-69/h1-43H. The fourth-order valence-electron chi connectivity index (χ4n) is 11.8. The molecule has 0 aliphatic rings. The van der Waals surface area contributed by atoms with Gasteiger partial charge in [0, 0.05) is 54.6 Å². The van der Waals surface area contributed by atoms with Gasteiger partial charge in [-0.05, 0) is 116 Å². The van der Waals surface area contributed by atoms with E-state index in [9.17, 15) is 0 Å². The van der Waals surface area contributed by atoms with Gasteiger partial charge in [0.05, 0.1) is 33.3 Å². The largest absolute Gasteiger partial charge is 0.309 e. The Kier molecular flexibility index (Phi) is 8.96. The van der Waals surface area contributed by atoms with Gasteiger partial charge in [0.1, 0.15) is 0 Å². The lowest BCUT2D eigenvalue weighted by Gasteiger charge is -2.16. The van der Waals surface area contributed by atoms with Crippen molar-refractivity contribution in [3.8, 4) is 56.0 Å². The van der Waals surface area contributed by atoms with Crippen molar-refractivity contribution in [3.63, 3.8) is 0 Å². The lowest BCUT2D eigenvalue weighted by atomic mass is 9.90. The maximum atomic E-state index is 5.46.